The van der Waals surface area contributed by atoms with E-state index in [0.29, 0.717) is 22.3 Å². The van der Waals surface area contributed by atoms with Gasteiger partial charge in [-0.25, -0.2) is 0 Å². The highest BCUT2D eigenvalue weighted by molar-refractivity contribution is 6.14. The van der Waals surface area contributed by atoms with E-state index in [1.165, 1.54) is 4.57 Å². The molecular formula is C54H35N3. The number of hydrogen-bond acceptors (Lipinski definition) is 0. The second kappa shape index (κ2) is 12.5. The summed E-state index contributed by atoms with van der Waals surface area (Å²) in [6.07, 6.45) is 0. The summed E-state index contributed by atoms with van der Waals surface area (Å²) in [7, 11) is 0. The van der Waals surface area contributed by atoms with E-state index in [9.17, 15) is 13.7 Å². The van der Waals surface area contributed by atoms with Gasteiger partial charge in [0.15, 0.2) is 0 Å². The van der Waals surface area contributed by atoms with Crippen molar-refractivity contribution in [2.24, 2.45) is 0 Å². The fraction of sp³-hybridized carbons (Fsp3) is 0. The van der Waals surface area contributed by atoms with E-state index in [1.807, 2.05) is 24.3 Å². The van der Waals surface area contributed by atoms with Crippen molar-refractivity contribution in [2.45, 2.75) is 0 Å². The van der Waals surface area contributed by atoms with Crippen LogP contribution in [0.1, 0.15) is 30.2 Å². The summed E-state index contributed by atoms with van der Waals surface area (Å²) < 4.78 is 207. The molecule has 0 aliphatic rings. The lowest BCUT2D eigenvalue weighted by Gasteiger charge is -2.19. The van der Waals surface area contributed by atoms with E-state index in [4.69, 9.17) is 16.4 Å². The Labute approximate surface area is 360 Å². The summed E-state index contributed by atoms with van der Waals surface area (Å²) in [5.74, 6) is 0. The molecule has 0 saturated heterocycles. The fourth-order valence-electron chi connectivity index (χ4n) is 7.81. The molecule has 0 bridgehead atoms. The molecule has 57 heavy (non-hydrogen) atoms. The summed E-state index contributed by atoms with van der Waals surface area (Å²) in [6.45, 7) is 0. The Balaban J connectivity index is 1.33. The summed E-state index contributed by atoms with van der Waals surface area (Å²) >= 11 is 0. The maximum atomic E-state index is 10.5. The first-order valence-corrected chi connectivity index (χ1v) is 17.8. The normalized spacial score (nSPS) is 17.3. The minimum atomic E-state index is -0.928. The number of rotatable bonds is 5. The van der Waals surface area contributed by atoms with Crippen molar-refractivity contribution in [3.05, 3.63) is 212 Å². The van der Waals surface area contributed by atoms with Gasteiger partial charge in [-0.05, 0) is 65.5 Å². The Hall–Kier alpha value is -7.62. The number of para-hydroxylation sites is 5. The number of benzene rings is 9. The fourth-order valence-corrected chi connectivity index (χ4v) is 7.81. The molecule has 0 saturated carbocycles. The van der Waals surface area contributed by atoms with Crippen LogP contribution in [0.2, 0.25) is 0 Å². The highest BCUT2D eigenvalue weighted by atomic mass is 15.0. The minimum Gasteiger partial charge on any atom is -0.309 e. The molecule has 0 aliphatic heterocycles. The highest BCUT2D eigenvalue weighted by Crippen LogP contribution is 2.43. The van der Waals surface area contributed by atoms with Crippen LogP contribution in [0.15, 0.2) is 212 Å². The lowest BCUT2D eigenvalue weighted by atomic mass is 9.95. The van der Waals surface area contributed by atoms with Gasteiger partial charge in [0, 0.05) is 54.8 Å². The lowest BCUT2D eigenvalue weighted by Crippen LogP contribution is -2.01. The monoisotopic (exact) mass is 747 g/mol. The molecule has 266 valence electrons. The lowest BCUT2D eigenvalue weighted by molar-refractivity contribution is 1.15. The standard InChI is InChI=1S/C54H35N3/c1-3-16-36(17-4-1)40-24-15-25-41(37-18-5-2-6-19-37)54(40)57-51-29-14-9-22-44(51)46-32-30-39(35-53(46)57)56-50-28-13-10-23-45(50)47-34-38(31-33-52(47)56)55-48-26-11-7-20-42(48)43-21-8-12-27-49(43)55/h1-35H/i7D,8D,9D,10D,11D,12D,13D,14D,20D,21D,22D,23D,26D,27D,28D,29D,30D,31D,32D,33D,34D,35D. The molecule has 0 amide bonds. The average Bonchev–Trinajstić information content (AvgIpc) is 3.42. The summed E-state index contributed by atoms with van der Waals surface area (Å²) in [4.78, 5) is 0. The minimum absolute atomic E-state index is 0.181. The van der Waals surface area contributed by atoms with Crippen LogP contribution in [-0.2, 0) is 0 Å². The average molecular weight is 748 g/mol. The second-order valence-electron chi connectivity index (χ2n) is 13.2. The van der Waals surface area contributed by atoms with Crippen molar-refractivity contribution in [1.29, 1.82) is 0 Å². The van der Waals surface area contributed by atoms with Crippen molar-refractivity contribution in [1.82, 2.24) is 13.7 Å². The van der Waals surface area contributed by atoms with Crippen LogP contribution < -0.4 is 0 Å². The predicted molar refractivity (Wildman–Crippen MR) is 240 cm³/mol. The summed E-state index contributed by atoms with van der Waals surface area (Å²) in [5, 5.41) is -2.30. The van der Waals surface area contributed by atoms with Gasteiger partial charge in [-0.15, -0.1) is 0 Å². The Kier molecular flexibility index (Phi) is 3.72. The number of nitrogens with zero attached hydrogens (tertiary/aromatic N) is 3. The third kappa shape index (κ3) is 4.73. The number of aromatic nitrogens is 3. The Morgan fingerprint density at radius 3 is 1.23 bits per heavy atom. The van der Waals surface area contributed by atoms with Crippen molar-refractivity contribution >= 4 is 65.4 Å². The molecular weight excluding hydrogens is 691 g/mol. The van der Waals surface area contributed by atoms with Crippen LogP contribution in [0.5, 0.6) is 0 Å². The van der Waals surface area contributed by atoms with Crippen LogP contribution in [0, 0.1) is 0 Å². The van der Waals surface area contributed by atoms with Crippen LogP contribution in [-0.4, -0.2) is 13.7 Å². The highest BCUT2D eigenvalue weighted by Gasteiger charge is 2.22. The summed E-state index contributed by atoms with van der Waals surface area (Å²) in [5.41, 5.74) is -1.31. The maximum Gasteiger partial charge on any atom is 0.0667 e. The summed E-state index contributed by atoms with van der Waals surface area (Å²) in [6, 6.07) is 6.57. The molecule has 0 aliphatic carbocycles. The SMILES string of the molecule is [2H]c1c([2H])c([2H])c2c(c1[2H])c1c([2H])c([2H])c([2H])c([2H])c1n2-c1c([2H])c([2H])c2c(c1[2H])c1c([2H])c([2H])c([2H])c([2H])c1n2-c1c([2H])c([2H])c2c3c([2H])c([2H])c([2H])c([2H])c3n(-c3c(-c4ccccc4)cccc3-c3ccccc3)c2c1[2H]. The molecule has 9 aromatic carbocycles. The third-order valence-corrected chi connectivity index (χ3v) is 10.2. The van der Waals surface area contributed by atoms with Crippen LogP contribution in [0.25, 0.3) is 105 Å². The first-order valence-electron chi connectivity index (χ1n) is 28.8. The van der Waals surface area contributed by atoms with Gasteiger partial charge < -0.3 is 13.7 Å². The quantitative estimate of drug-likeness (QED) is 0.167. The zero-order valence-corrected chi connectivity index (χ0v) is 29.3. The molecule has 0 fully saturated rings. The molecule has 0 radical (unpaired) electrons. The van der Waals surface area contributed by atoms with Crippen molar-refractivity contribution < 1.29 is 30.2 Å². The third-order valence-electron chi connectivity index (χ3n) is 10.2. The van der Waals surface area contributed by atoms with Crippen molar-refractivity contribution in [3.63, 3.8) is 0 Å². The van der Waals surface area contributed by atoms with Gasteiger partial charge >= 0.3 is 0 Å². The molecule has 12 rings (SSSR count). The van der Waals surface area contributed by atoms with E-state index in [0.717, 1.165) is 9.13 Å². The molecule has 0 N–H and O–H groups in total. The largest absolute Gasteiger partial charge is 0.309 e. The van der Waals surface area contributed by atoms with Crippen molar-refractivity contribution in [3.8, 4) is 39.3 Å². The predicted octanol–water partition coefficient (Wildman–Crippen LogP) is 14.3. The first-order chi connectivity index (χ1) is 37.5. The molecule has 0 unspecified atom stereocenters. The molecule has 0 atom stereocenters. The Bertz CT molecular complexity index is 4660. The topological polar surface area (TPSA) is 14.8 Å². The zero-order valence-electron chi connectivity index (χ0n) is 51.3. The van der Waals surface area contributed by atoms with Gasteiger partial charge in [0.05, 0.1) is 68.9 Å². The molecule has 12 aromatic rings. The first kappa shape index (κ1) is 17.0. The van der Waals surface area contributed by atoms with E-state index in [-0.39, 0.29) is 27.5 Å². The molecule has 3 heterocycles. The second-order valence-corrected chi connectivity index (χ2v) is 13.2. The van der Waals surface area contributed by atoms with Crippen LogP contribution in [0.4, 0.5) is 0 Å². The van der Waals surface area contributed by atoms with Gasteiger partial charge in [-0.2, -0.15) is 0 Å². The van der Waals surface area contributed by atoms with Gasteiger partial charge in [-0.1, -0.05) is 157 Å². The van der Waals surface area contributed by atoms with Crippen LogP contribution in [0.3, 0.4) is 0 Å². The van der Waals surface area contributed by atoms with Crippen molar-refractivity contribution in [2.75, 3.05) is 0 Å². The number of hydrogen-bond donors (Lipinski definition) is 0. The van der Waals surface area contributed by atoms with Gasteiger partial charge in [0.2, 0.25) is 0 Å². The van der Waals surface area contributed by atoms with E-state index in [2.05, 4.69) is 0 Å². The number of fused-ring (bicyclic) bond motifs is 9. The molecule has 3 aromatic heterocycles. The van der Waals surface area contributed by atoms with Gasteiger partial charge in [0.1, 0.15) is 0 Å². The Morgan fingerprint density at radius 1 is 0.298 bits per heavy atom. The molecule has 3 nitrogen and oxygen atoms in total. The van der Waals surface area contributed by atoms with E-state index >= 15 is 0 Å². The van der Waals surface area contributed by atoms with E-state index in [1.54, 1.807) is 54.6 Å². The smallest absolute Gasteiger partial charge is 0.0667 e. The maximum absolute atomic E-state index is 10.5. The zero-order chi connectivity index (χ0) is 56.6. The Morgan fingerprint density at radius 2 is 0.702 bits per heavy atom. The van der Waals surface area contributed by atoms with E-state index < -0.39 is 188 Å². The van der Waals surface area contributed by atoms with Gasteiger partial charge in [-0.3, -0.25) is 0 Å². The van der Waals surface area contributed by atoms with Gasteiger partial charge in [0.25, 0.3) is 0 Å². The molecule has 0 spiro atoms. The molecule has 3 heteroatoms. The van der Waals surface area contributed by atoms with Crippen LogP contribution >= 0.6 is 0 Å².